The number of hydrogen-bond donors (Lipinski definition) is 16. The van der Waals surface area contributed by atoms with Crippen LogP contribution in [0.2, 0.25) is 0 Å². The number of esters is 1. The molecule has 1 aromatic heterocycles. The summed E-state index contributed by atoms with van der Waals surface area (Å²) in [5.74, 6) is -6.39. The van der Waals surface area contributed by atoms with Crippen LogP contribution in [0.3, 0.4) is 0 Å². The number of carbonyl (C=O) groups is 1. The molecule has 5 heterocycles. The Morgan fingerprint density at radius 2 is 1.29 bits per heavy atom. The first-order valence-corrected chi connectivity index (χ1v) is 22.9. The number of carbonyl (C=O) groups excluding carboxylic acids is 1. The van der Waals surface area contributed by atoms with Gasteiger partial charge in [0, 0.05) is 23.8 Å². The van der Waals surface area contributed by atoms with Gasteiger partial charge in [0.1, 0.15) is 95.7 Å². The van der Waals surface area contributed by atoms with E-state index in [0.717, 1.165) is 54.6 Å². The van der Waals surface area contributed by atoms with Gasteiger partial charge in [-0.15, -0.1) is 0 Å². The van der Waals surface area contributed by atoms with E-state index in [1.807, 2.05) is 0 Å². The molecule has 28 nitrogen and oxygen atoms in total. The number of benzene rings is 3. The van der Waals surface area contributed by atoms with Crippen molar-refractivity contribution in [2.75, 3.05) is 19.8 Å². The molecule has 4 aromatic rings. The molecule has 0 amide bonds. The van der Waals surface area contributed by atoms with Gasteiger partial charge >= 0.3 is 5.97 Å². The Balaban J connectivity index is 1.14. The van der Waals surface area contributed by atoms with Gasteiger partial charge in [-0.2, -0.15) is 0 Å². The molecule has 0 spiro atoms. The summed E-state index contributed by atoms with van der Waals surface area (Å²) >= 11 is 0. The molecule has 8 rings (SSSR count). The van der Waals surface area contributed by atoms with Crippen LogP contribution < -0.4 is 10.2 Å². The van der Waals surface area contributed by atoms with Gasteiger partial charge < -0.3 is 129 Å². The predicted octanol–water partition coefficient (Wildman–Crippen LogP) is -3.72. The molecule has 0 unspecified atom stereocenters. The number of fused-ring (bicyclic) bond motifs is 1. The number of phenols is 6. The summed E-state index contributed by atoms with van der Waals surface area (Å²) in [7, 11) is 0. The molecule has 16 N–H and O–H groups in total. The second-order valence-electron chi connectivity index (χ2n) is 17.9. The van der Waals surface area contributed by atoms with Crippen molar-refractivity contribution in [1.29, 1.82) is 0 Å². The lowest BCUT2D eigenvalue weighted by Crippen LogP contribution is -2.66. The predicted molar refractivity (Wildman–Crippen MR) is 242 cm³/mol. The molecule has 28 heteroatoms. The molecule has 0 radical (unpaired) electrons. The van der Waals surface area contributed by atoms with E-state index in [2.05, 4.69) is 0 Å². The summed E-state index contributed by atoms with van der Waals surface area (Å²) in [4.78, 5) is 27.9. The number of ether oxygens (including phenoxy) is 9. The second kappa shape index (κ2) is 22.7. The summed E-state index contributed by atoms with van der Waals surface area (Å²) in [6.07, 6.45) is -33.9. The molecule has 0 aliphatic carbocycles. The molecule has 3 aromatic carbocycles. The third-order valence-corrected chi connectivity index (χ3v) is 12.8. The van der Waals surface area contributed by atoms with E-state index < -0.39 is 205 Å². The fourth-order valence-electron chi connectivity index (χ4n) is 8.59. The summed E-state index contributed by atoms with van der Waals surface area (Å²) < 4.78 is 58.3. The summed E-state index contributed by atoms with van der Waals surface area (Å²) in [6.45, 7) is -1.10. The van der Waals surface area contributed by atoms with Gasteiger partial charge in [-0.25, -0.2) is 4.79 Å². The summed E-state index contributed by atoms with van der Waals surface area (Å²) in [5.41, 5.74) is -1.64. The van der Waals surface area contributed by atoms with Crippen molar-refractivity contribution >= 4 is 23.0 Å². The summed E-state index contributed by atoms with van der Waals surface area (Å²) in [5, 5.41) is 169. The Morgan fingerprint density at radius 3 is 1.99 bits per heavy atom. The maximum atomic E-state index is 14.4. The number of rotatable bonds is 14. The minimum Gasteiger partial charge on any atom is -0.508 e. The van der Waals surface area contributed by atoms with E-state index in [4.69, 9.17) is 47.0 Å². The van der Waals surface area contributed by atoms with Crippen molar-refractivity contribution in [2.45, 2.75) is 124 Å². The number of aliphatic hydroxyl groups excluding tert-OH is 10. The van der Waals surface area contributed by atoms with Gasteiger partial charge in [0.15, 0.2) is 59.8 Å². The molecule has 19 atom stereocenters. The van der Waals surface area contributed by atoms with Crippen molar-refractivity contribution in [1.82, 2.24) is 0 Å². The van der Waals surface area contributed by atoms with Gasteiger partial charge in [-0.1, -0.05) is 6.07 Å². The highest BCUT2D eigenvalue weighted by molar-refractivity contribution is 5.89. The van der Waals surface area contributed by atoms with Crippen molar-refractivity contribution in [3.63, 3.8) is 0 Å². The van der Waals surface area contributed by atoms with Crippen molar-refractivity contribution in [2.24, 2.45) is 0 Å². The molecule has 4 fully saturated rings. The first-order valence-electron chi connectivity index (χ1n) is 22.9. The average Bonchev–Trinajstić information content (AvgIpc) is 3.37. The largest absolute Gasteiger partial charge is 0.508 e. The third-order valence-electron chi connectivity index (χ3n) is 12.8. The quantitative estimate of drug-likeness (QED) is 0.0328. The Bertz CT molecular complexity index is 2750. The lowest BCUT2D eigenvalue weighted by Gasteiger charge is -2.47. The number of hydrogen-bond acceptors (Lipinski definition) is 28. The van der Waals surface area contributed by atoms with Crippen LogP contribution in [0.4, 0.5) is 0 Å². The first-order chi connectivity index (χ1) is 35.6. The van der Waals surface area contributed by atoms with E-state index in [-0.39, 0.29) is 11.1 Å². The lowest BCUT2D eigenvalue weighted by molar-refractivity contribution is -0.366. The Kier molecular flexibility index (Phi) is 16.7. The zero-order valence-electron chi connectivity index (χ0n) is 38.9. The molecular weight excluding hydrogens is 1010 g/mol. The molecule has 4 aliphatic heterocycles. The van der Waals surface area contributed by atoms with Crippen LogP contribution in [0.5, 0.6) is 40.2 Å². The maximum Gasteiger partial charge on any atom is 0.331 e. The van der Waals surface area contributed by atoms with Gasteiger partial charge in [-0.3, -0.25) is 4.79 Å². The highest BCUT2D eigenvalue weighted by Gasteiger charge is 2.54. The number of aliphatic hydroxyl groups is 10. The zero-order chi connectivity index (χ0) is 54.3. The maximum absolute atomic E-state index is 14.4. The topological polar surface area (TPSA) is 454 Å². The minimum atomic E-state index is -2.27. The van der Waals surface area contributed by atoms with Crippen molar-refractivity contribution in [3.8, 4) is 51.6 Å². The highest BCUT2D eigenvalue weighted by atomic mass is 16.8. The van der Waals surface area contributed by atoms with Gasteiger partial charge in [0.25, 0.3) is 0 Å². The molecule has 0 saturated carbocycles. The number of phenolic OH excluding ortho intramolecular Hbond substituents is 6. The first kappa shape index (κ1) is 55.2. The van der Waals surface area contributed by atoms with Crippen molar-refractivity contribution in [3.05, 3.63) is 70.4 Å². The molecule has 410 valence electrons. The van der Waals surface area contributed by atoms with Gasteiger partial charge in [-0.05, 0) is 48.9 Å². The zero-order valence-corrected chi connectivity index (χ0v) is 38.9. The molecule has 4 aliphatic rings. The fourth-order valence-corrected chi connectivity index (χ4v) is 8.59. The highest BCUT2D eigenvalue weighted by Crippen LogP contribution is 2.41. The van der Waals surface area contributed by atoms with Crippen LogP contribution in [0.25, 0.3) is 28.4 Å². The van der Waals surface area contributed by atoms with Crippen LogP contribution in [0.1, 0.15) is 12.5 Å². The average molecular weight is 1070 g/mol. The standard InChI is InChI=1S/C47H54O28/c1-15-30(57)40(73-44-37(64)31(58)24(55)13-66-44)43(72-28(56)7-3-16-2-5-19(50)21(52)8-16)46(68-15)67-14-27-33(60)36(63)42(75-45-38(65)35(62)32(59)26(12-48)70-45)47(71-27)74-41-34(61)29-23(54)10-18(49)11-25(29)69-39(41)17-4-6-20(51)22(53)9-17/h2-11,15,24,26-27,30-33,35-38,40,42-55,57-60,62-65H,12-14H2,1H3/b7-3+/t15-,24-,26+,27+,30-,31+,32+,33+,35-,36-,37-,38+,40+,42+,43+,44+,45-,46+,47-/m0/s1. The Labute approximate surface area is 421 Å². The van der Waals surface area contributed by atoms with Crippen LogP contribution in [0.15, 0.2) is 63.8 Å². The van der Waals surface area contributed by atoms with Gasteiger partial charge in [0.2, 0.25) is 17.5 Å². The summed E-state index contributed by atoms with van der Waals surface area (Å²) in [6, 6.07) is 8.37. The SMILES string of the molecule is C[C@@H]1O[C@@H](OC[C@H]2O[C@@H](Oc3c(-c4ccc(O)c(O)c4)oc4cc(O)cc(O)c4c3=O)[C@H](O[C@@H]3O[C@H](CO)[C@@H](O)[C@H](O)[C@H]3O)[C@@H](O)[C@@H]2O)[C@H](OC(=O)/C=C/c2ccc(O)c(O)c2)[C@H](O[C@H]2OC[C@H](O)[C@@H](O)[C@@H]2O)[C@H]1O. The molecular formula is C47H54O28. The molecule has 4 saturated heterocycles. The second-order valence-corrected chi connectivity index (χ2v) is 17.9. The van der Waals surface area contributed by atoms with E-state index in [9.17, 15) is 91.3 Å². The van der Waals surface area contributed by atoms with E-state index in [1.54, 1.807) is 0 Å². The minimum absolute atomic E-state index is 0.194. The van der Waals surface area contributed by atoms with Crippen LogP contribution in [0, 0.1) is 0 Å². The van der Waals surface area contributed by atoms with E-state index >= 15 is 0 Å². The fraction of sp³-hybridized carbons (Fsp3) is 0.489. The van der Waals surface area contributed by atoms with Crippen LogP contribution in [-0.2, 0) is 42.7 Å². The van der Waals surface area contributed by atoms with Crippen molar-refractivity contribution < 1.29 is 134 Å². The lowest BCUT2D eigenvalue weighted by atomic mass is 9.97. The molecule has 75 heavy (non-hydrogen) atoms. The number of aromatic hydroxyl groups is 6. The smallest absolute Gasteiger partial charge is 0.331 e. The third kappa shape index (κ3) is 11.4. The van der Waals surface area contributed by atoms with Crippen LogP contribution in [-0.4, -0.2) is 224 Å². The van der Waals surface area contributed by atoms with Gasteiger partial charge in [0.05, 0.1) is 25.9 Å². The van der Waals surface area contributed by atoms with Crippen LogP contribution >= 0.6 is 0 Å². The molecule has 0 bridgehead atoms. The van der Waals surface area contributed by atoms with E-state index in [1.165, 1.54) is 13.0 Å². The Hall–Kier alpha value is -6.00. The van der Waals surface area contributed by atoms with E-state index in [0.29, 0.717) is 0 Å². The normalized spacial score (nSPS) is 35.4. The monoisotopic (exact) mass is 1070 g/mol. The Morgan fingerprint density at radius 1 is 0.640 bits per heavy atom.